The zero-order valence-electron chi connectivity index (χ0n) is 9.82. The lowest BCUT2D eigenvalue weighted by atomic mass is 10.2. The largest absolute Gasteiger partial charge is 0.465 e. The third-order valence-corrected chi connectivity index (χ3v) is 2.57. The van der Waals surface area contributed by atoms with E-state index in [1.54, 1.807) is 6.92 Å². The van der Waals surface area contributed by atoms with Crippen LogP contribution in [0.2, 0.25) is 0 Å². The van der Waals surface area contributed by atoms with Crippen LogP contribution in [0.25, 0.3) is 10.9 Å². The second kappa shape index (κ2) is 5.50. The number of ether oxygens (including phenoxy) is 1. The summed E-state index contributed by atoms with van der Waals surface area (Å²) >= 11 is 0. The molecule has 1 aromatic carbocycles. The van der Waals surface area contributed by atoms with Crippen molar-refractivity contribution < 1.29 is 9.53 Å². The highest BCUT2D eigenvalue weighted by Gasteiger charge is 2.04. The summed E-state index contributed by atoms with van der Waals surface area (Å²) < 4.78 is 4.84. The van der Waals surface area contributed by atoms with Gasteiger partial charge in [-0.1, -0.05) is 18.2 Å². The second-order valence-electron chi connectivity index (χ2n) is 3.77. The van der Waals surface area contributed by atoms with E-state index in [0.717, 1.165) is 11.1 Å². The molecule has 0 aliphatic heterocycles. The first kappa shape index (κ1) is 11.7. The van der Waals surface area contributed by atoms with Crippen LogP contribution in [0.15, 0.2) is 30.5 Å². The van der Waals surface area contributed by atoms with Gasteiger partial charge in [0.25, 0.3) is 0 Å². The van der Waals surface area contributed by atoms with Crippen LogP contribution in [0.1, 0.15) is 12.5 Å². The van der Waals surface area contributed by atoms with Gasteiger partial charge < -0.3 is 15.0 Å². The van der Waals surface area contributed by atoms with Gasteiger partial charge in [-0.15, -0.1) is 0 Å². The van der Waals surface area contributed by atoms with E-state index in [0.29, 0.717) is 13.2 Å². The molecule has 0 radical (unpaired) electrons. The minimum absolute atomic E-state index is 0.215. The van der Waals surface area contributed by atoms with E-state index in [4.69, 9.17) is 4.74 Å². The molecule has 0 spiro atoms. The smallest absolute Gasteiger partial charge is 0.319 e. The van der Waals surface area contributed by atoms with Crippen molar-refractivity contribution in [3.05, 3.63) is 36.0 Å². The van der Waals surface area contributed by atoms with Crippen LogP contribution < -0.4 is 5.32 Å². The lowest BCUT2D eigenvalue weighted by Gasteiger charge is -2.03. The molecule has 1 aromatic heterocycles. The number of nitrogens with one attached hydrogen (secondary N) is 2. The highest BCUT2D eigenvalue weighted by Crippen LogP contribution is 2.16. The van der Waals surface area contributed by atoms with Gasteiger partial charge in [-0.05, 0) is 18.6 Å². The molecule has 90 valence electrons. The maximum atomic E-state index is 11.1. The number of H-pyrrole nitrogens is 1. The average molecular weight is 232 g/mol. The maximum Gasteiger partial charge on any atom is 0.319 e. The molecule has 0 atom stereocenters. The SMILES string of the molecule is CCOC(=O)CNCc1c[nH]c2ccccc12. The van der Waals surface area contributed by atoms with Gasteiger partial charge in [0.2, 0.25) is 0 Å². The number of para-hydroxylation sites is 1. The number of fused-ring (bicyclic) bond motifs is 1. The molecular weight excluding hydrogens is 216 g/mol. The normalized spacial score (nSPS) is 10.6. The van der Waals surface area contributed by atoms with Crippen molar-refractivity contribution in [3.63, 3.8) is 0 Å². The van der Waals surface area contributed by atoms with E-state index in [2.05, 4.69) is 16.4 Å². The van der Waals surface area contributed by atoms with Crippen LogP contribution in [-0.4, -0.2) is 24.1 Å². The Labute approximate surface area is 100.0 Å². The summed E-state index contributed by atoms with van der Waals surface area (Å²) in [6, 6.07) is 8.09. The van der Waals surface area contributed by atoms with Gasteiger partial charge in [-0.2, -0.15) is 0 Å². The zero-order valence-corrected chi connectivity index (χ0v) is 9.82. The van der Waals surface area contributed by atoms with Crippen LogP contribution in [-0.2, 0) is 16.1 Å². The fourth-order valence-electron chi connectivity index (χ4n) is 1.79. The molecule has 0 aliphatic rings. The van der Waals surface area contributed by atoms with E-state index >= 15 is 0 Å². The van der Waals surface area contributed by atoms with Crippen molar-refractivity contribution in [2.75, 3.05) is 13.2 Å². The summed E-state index contributed by atoms with van der Waals surface area (Å²) in [5.74, 6) is -0.215. The molecule has 0 unspecified atom stereocenters. The van der Waals surface area contributed by atoms with Crippen LogP contribution >= 0.6 is 0 Å². The van der Waals surface area contributed by atoms with E-state index in [1.807, 2.05) is 24.4 Å². The Hall–Kier alpha value is -1.81. The first-order valence-electron chi connectivity index (χ1n) is 5.72. The number of aromatic nitrogens is 1. The molecule has 2 aromatic rings. The predicted molar refractivity (Wildman–Crippen MR) is 66.6 cm³/mol. The van der Waals surface area contributed by atoms with Gasteiger partial charge in [0.15, 0.2) is 0 Å². The van der Waals surface area contributed by atoms with Gasteiger partial charge in [-0.25, -0.2) is 0 Å². The lowest BCUT2D eigenvalue weighted by Crippen LogP contribution is -2.24. The van der Waals surface area contributed by atoms with Crippen molar-refractivity contribution in [2.45, 2.75) is 13.5 Å². The van der Waals surface area contributed by atoms with Gasteiger partial charge in [0.05, 0.1) is 13.2 Å². The minimum Gasteiger partial charge on any atom is -0.465 e. The number of esters is 1. The number of carbonyl (C=O) groups is 1. The van der Waals surface area contributed by atoms with Crippen molar-refractivity contribution in [1.29, 1.82) is 0 Å². The van der Waals surface area contributed by atoms with Crippen LogP contribution in [0.4, 0.5) is 0 Å². The number of hydrogen-bond donors (Lipinski definition) is 2. The predicted octanol–water partition coefficient (Wildman–Crippen LogP) is 1.82. The average Bonchev–Trinajstić information content (AvgIpc) is 2.73. The third-order valence-electron chi connectivity index (χ3n) is 2.57. The second-order valence-corrected chi connectivity index (χ2v) is 3.77. The molecule has 4 heteroatoms. The van der Waals surface area contributed by atoms with E-state index < -0.39 is 0 Å². The number of carbonyl (C=O) groups excluding carboxylic acids is 1. The summed E-state index contributed by atoms with van der Waals surface area (Å²) in [6.45, 7) is 3.13. The molecule has 0 amide bonds. The van der Waals surface area contributed by atoms with Gasteiger partial charge >= 0.3 is 5.97 Å². The molecule has 17 heavy (non-hydrogen) atoms. The summed E-state index contributed by atoms with van der Waals surface area (Å²) in [6.07, 6.45) is 1.96. The first-order chi connectivity index (χ1) is 8.31. The van der Waals surface area contributed by atoms with Crippen molar-refractivity contribution in [3.8, 4) is 0 Å². The monoisotopic (exact) mass is 232 g/mol. The zero-order chi connectivity index (χ0) is 12.1. The molecule has 0 fully saturated rings. The Balaban J connectivity index is 1.93. The van der Waals surface area contributed by atoms with Crippen LogP contribution in [0.5, 0.6) is 0 Å². The topological polar surface area (TPSA) is 54.1 Å². The Kier molecular flexibility index (Phi) is 3.77. The van der Waals surface area contributed by atoms with Crippen LogP contribution in [0, 0.1) is 0 Å². The summed E-state index contributed by atoms with van der Waals surface area (Å²) in [4.78, 5) is 14.3. The summed E-state index contributed by atoms with van der Waals surface area (Å²) in [5.41, 5.74) is 2.27. The van der Waals surface area contributed by atoms with Gasteiger partial charge in [0.1, 0.15) is 0 Å². The lowest BCUT2D eigenvalue weighted by molar-refractivity contribution is -0.142. The Morgan fingerprint density at radius 2 is 2.24 bits per heavy atom. The van der Waals surface area contributed by atoms with E-state index in [-0.39, 0.29) is 12.5 Å². The number of hydrogen-bond acceptors (Lipinski definition) is 3. The van der Waals surface area contributed by atoms with Crippen molar-refractivity contribution >= 4 is 16.9 Å². The quantitative estimate of drug-likeness (QED) is 0.773. The van der Waals surface area contributed by atoms with Crippen molar-refractivity contribution in [1.82, 2.24) is 10.3 Å². The number of benzene rings is 1. The fourth-order valence-corrected chi connectivity index (χ4v) is 1.79. The van der Waals surface area contributed by atoms with Crippen LogP contribution in [0.3, 0.4) is 0 Å². The minimum atomic E-state index is -0.215. The van der Waals surface area contributed by atoms with E-state index in [1.165, 1.54) is 5.39 Å². The molecule has 2 N–H and O–H groups in total. The highest BCUT2D eigenvalue weighted by atomic mass is 16.5. The number of rotatable bonds is 5. The van der Waals surface area contributed by atoms with E-state index in [9.17, 15) is 4.79 Å². The van der Waals surface area contributed by atoms with Gasteiger partial charge in [-0.3, -0.25) is 4.79 Å². The number of aromatic amines is 1. The first-order valence-corrected chi connectivity index (χ1v) is 5.72. The molecular formula is C13H16N2O2. The molecule has 1 heterocycles. The molecule has 0 saturated carbocycles. The van der Waals surface area contributed by atoms with Crippen molar-refractivity contribution in [2.24, 2.45) is 0 Å². The third kappa shape index (κ3) is 2.85. The maximum absolute atomic E-state index is 11.1. The van der Waals surface area contributed by atoms with Gasteiger partial charge in [0, 0.05) is 23.6 Å². The molecule has 2 rings (SSSR count). The summed E-state index contributed by atoms with van der Waals surface area (Å²) in [5, 5.41) is 4.25. The fraction of sp³-hybridized carbons (Fsp3) is 0.308. The Bertz CT molecular complexity index is 505. The molecule has 4 nitrogen and oxygen atoms in total. The highest BCUT2D eigenvalue weighted by molar-refractivity contribution is 5.83. The molecule has 0 aliphatic carbocycles. The summed E-state index contributed by atoms with van der Waals surface area (Å²) in [7, 11) is 0. The Morgan fingerprint density at radius 3 is 3.06 bits per heavy atom. The Morgan fingerprint density at radius 1 is 1.41 bits per heavy atom. The standard InChI is InChI=1S/C13H16N2O2/c1-2-17-13(16)9-14-7-10-8-15-12-6-4-3-5-11(10)12/h3-6,8,14-15H,2,7,9H2,1H3. The molecule has 0 saturated heterocycles. The molecule has 0 bridgehead atoms.